The normalized spacial score (nSPS) is 25.5. The van der Waals surface area contributed by atoms with Gasteiger partial charge in [0.1, 0.15) is 11.9 Å². The number of carbonyl (C=O) groups excluding carboxylic acids is 3. The molecule has 1 saturated heterocycles. The Morgan fingerprint density at radius 1 is 1.07 bits per heavy atom. The minimum absolute atomic E-state index is 0.128. The summed E-state index contributed by atoms with van der Waals surface area (Å²) in [5.74, 6) is -4.88. The molecule has 1 aromatic rings. The van der Waals surface area contributed by atoms with Gasteiger partial charge < -0.3 is 4.90 Å². The van der Waals surface area contributed by atoms with Crippen molar-refractivity contribution >= 4 is 17.7 Å². The number of imide groups is 1. The molecule has 2 fully saturated rings. The summed E-state index contributed by atoms with van der Waals surface area (Å²) in [6.45, 7) is 0.128. The van der Waals surface area contributed by atoms with Gasteiger partial charge in [0.15, 0.2) is 0 Å². The van der Waals surface area contributed by atoms with Crippen molar-refractivity contribution in [2.75, 3.05) is 0 Å². The van der Waals surface area contributed by atoms with E-state index in [1.807, 2.05) is 0 Å². The lowest BCUT2D eigenvalue weighted by Crippen LogP contribution is -2.52. The van der Waals surface area contributed by atoms with Gasteiger partial charge in [0, 0.05) is 31.4 Å². The molecule has 144 valence electrons. The first-order valence-corrected chi connectivity index (χ1v) is 9.10. The lowest BCUT2D eigenvalue weighted by Gasteiger charge is -2.30. The smallest absolute Gasteiger partial charge is 0.255 e. The average Bonchev–Trinajstić information content (AvgIpc) is 2.91. The molecule has 8 heteroatoms. The standard InChI is InChI=1S/C19H19F3N2O3/c20-11-7-12(10-3-5-19(21,22)6-4-10)14-9-24(18(27)13(14)8-11)15-1-2-16(25)23-17(15)26/h7-8,10,15H,1-6,9H2,(H,23,25,26). The second-order valence-corrected chi connectivity index (χ2v) is 7.55. The number of amides is 3. The van der Waals surface area contributed by atoms with Crippen LogP contribution in [-0.2, 0) is 16.1 Å². The van der Waals surface area contributed by atoms with Crippen LogP contribution in [0.5, 0.6) is 0 Å². The van der Waals surface area contributed by atoms with Gasteiger partial charge in [0.2, 0.25) is 17.7 Å². The fourth-order valence-corrected chi connectivity index (χ4v) is 4.37. The van der Waals surface area contributed by atoms with E-state index in [0.29, 0.717) is 11.1 Å². The Morgan fingerprint density at radius 3 is 2.44 bits per heavy atom. The number of carbonyl (C=O) groups is 3. The number of nitrogens with one attached hydrogen (secondary N) is 1. The third-order valence-electron chi connectivity index (χ3n) is 5.81. The summed E-state index contributed by atoms with van der Waals surface area (Å²) in [7, 11) is 0. The minimum Gasteiger partial charge on any atom is -0.322 e. The Kier molecular flexibility index (Phi) is 4.24. The van der Waals surface area contributed by atoms with Gasteiger partial charge in [-0.2, -0.15) is 0 Å². The second kappa shape index (κ2) is 6.35. The molecule has 5 nitrogen and oxygen atoms in total. The molecule has 1 unspecified atom stereocenters. The summed E-state index contributed by atoms with van der Waals surface area (Å²) >= 11 is 0. The van der Waals surface area contributed by atoms with E-state index in [1.165, 1.54) is 11.0 Å². The van der Waals surface area contributed by atoms with E-state index in [4.69, 9.17) is 0 Å². The van der Waals surface area contributed by atoms with Crippen LogP contribution in [0.2, 0.25) is 0 Å². The van der Waals surface area contributed by atoms with E-state index in [-0.39, 0.29) is 62.5 Å². The first-order chi connectivity index (χ1) is 12.7. The maximum absolute atomic E-state index is 14.2. The highest BCUT2D eigenvalue weighted by atomic mass is 19.3. The Balaban J connectivity index is 1.63. The Labute approximate surface area is 153 Å². The molecule has 2 heterocycles. The summed E-state index contributed by atoms with van der Waals surface area (Å²) in [4.78, 5) is 37.6. The fourth-order valence-electron chi connectivity index (χ4n) is 4.37. The van der Waals surface area contributed by atoms with E-state index in [0.717, 1.165) is 6.07 Å². The van der Waals surface area contributed by atoms with Gasteiger partial charge in [0.05, 0.1) is 0 Å². The maximum atomic E-state index is 14.2. The van der Waals surface area contributed by atoms with Gasteiger partial charge in [-0.05, 0) is 48.4 Å². The van der Waals surface area contributed by atoms with Gasteiger partial charge >= 0.3 is 0 Å². The summed E-state index contributed by atoms with van der Waals surface area (Å²) in [6, 6.07) is 1.69. The Bertz CT molecular complexity index is 830. The largest absolute Gasteiger partial charge is 0.322 e. The summed E-state index contributed by atoms with van der Waals surface area (Å²) in [5, 5.41) is 2.22. The molecule has 0 bridgehead atoms. The van der Waals surface area contributed by atoms with Crippen LogP contribution >= 0.6 is 0 Å². The third kappa shape index (κ3) is 3.21. The number of fused-ring (bicyclic) bond motifs is 1. The van der Waals surface area contributed by atoms with Gasteiger partial charge in [-0.1, -0.05) is 0 Å². The lowest BCUT2D eigenvalue weighted by molar-refractivity contribution is -0.136. The third-order valence-corrected chi connectivity index (χ3v) is 5.81. The van der Waals surface area contributed by atoms with Gasteiger partial charge in [-0.3, -0.25) is 19.7 Å². The number of benzene rings is 1. The number of piperidine rings is 1. The van der Waals surface area contributed by atoms with Crippen molar-refractivity contribution in [3.05, 3.63) is 34.6 Å². The van der Waals surface area contributed by atoms with Gasteiger partial charge in [-0.15, -0.1) is 0 Å². The first-order valence-electron chi connectivity index (χ1n) is 9.10. The van der Waals surface area contributed by atoms with Crippen molar-refractivity contribution in [2.45, 2.75) is 63.0 Å². The highest BCUT2D eigenvalue weighted by Crippen LogP contribution is 2.44. The molecule has 1 aromatic carbocycles. The Hall–Kier alpha value is -2.38. The van der Waals surface area contributed by atoms with Crippen molar-refractivity contribution in [1.82, 2.24) is 10.2 Å². The van der Waals surface area contributed by atoms with Crippen molar-refractivity contribution in [3.63, 3.8) is 0 Å². The molecule has 0 spiro atoms. The van der Waals surface area contributed by atoms with E-state index in [2.05, 4.69) is 5.32 Å². The quantitative estimate of drug-likeness (QED) is 0.803. The number of nitrogens with zero attached hydrogens (tertiary/aromatic N) is 1. The monoisotopic (exact) mass is 380 g/mol. The van der Waals surface area contributed by atoms with Crippen LogP contribution in [0, 0.1) is 5.82 Å². The zero-order valence-corrected chi connectivity index (χ0v) is 14.6. The topological polar surface area (TPSA) is 66.5 Å². The molecule has 1 saturated carbocycles. The molecular formula is C19H19F3N2O3. The molecule has 3 amide bonds. The molecule has 3 aliphatic rings. The molecular weight excluding hydrogens is 361 g/mol. The highest BCUT2D eigenvalue weighted by molar-refractivity contribution is 6.05. The van der Waals surface area contributed by atoms with Crippen LogP contribution in [0.25, 0.3) is 0 Å². The fraction of sp³-hybridized carbons (Fsp3) is 0.526. The molecule has 2 aliphatic heterocycles. The number of alkyl halides is 2. The van der Waals surface area contributed by atoms with Crippen LogP contribution in [0.3, 0.4) is 0 Å². The molecule has 0 aromatic heterocycles. The van der Waals surface area contributed by atoms with E-state index in [9.17, 15) is 27.6 Å². The Morgan fingerprint density at radius 2 is 1.78 bits per heavy atom. The molecule has 0 radical (unpaired) electrons. The summed E-state index contributed by atoms with van der Waals surface area (Å²) in [5.41, 5.74) is 1.39. The molecule has 1 atom stereocenters. The number of halogens is 3. The molecule has 27 heavy (non-hydrogen) atoms. The van der Waals surface area contributed by atoms with E-state index >= 15 is 0 Å². The zero-order valence-electron chi connectivity index (χ0n) is 14.6. The van der Waals surface area contributed by atoms with Crippen LogP contribution in [0.1, 0.15) is 65.9 Å². The molecule has 4 rings (SSSR count). The number of hydrogen-bond donors (Lipinski definition) is 1. The summed E-state index contributed by atoms with van der Waals surface area (Å²) in [6.07, 6.45) is 0.305. The average molecular weight is 380 g/mol. The van der Waals surface area contributed by atoms with Crippen LogP contribution < -0.4 is 5.32 Å². The molecule has 1 aliphatic carbocycles. The van der Waals surface area contributed by atoms with Crippen LogP contribution in [0.15, 0.2) is 12.1 Å². The predicted molar refractivity (Wildman–Crippen MR) is 88.6 cm³/mol. The lowest BCUT2D eigenvalue weighted by atomic mass is 9.80. The SMILES string of the molecule is O=C1CCC(N2Cc3c(cc(F)cc3C3CCC(F)(F)CC3)C2=O)C(=O)N1. The van der Waals surface area contributed by atoms with Crippen molar-refractivity contribution in [2.24, 2.45) is 0 Å². The first kappa shape index (κ1) is 18.0. The van der Waals surface area contributed by atoms with E-state index < -0.39 is 29.6 Å². The van der Waals surface area contributed by atoms with Crippen molar-refractivity contribution in [1.29, 1.82) is 0 Å². The predicted octanol–water partition coefficient (Wildman–Crippen LogP) is 2.88. The highest BCUT2D eigenvalue weighted by Gasteiger charge is 2.42. The van der Waals surface area contributed by atoms with E-state index in [1.54, 1.807) is 0 Å². The molecule has 1 N–H and O–H groups in total. The minimum atomic E-state index is -2.69. The van der Waals surface area contributed by atoms with Crippen LogP contribution in [-0.4, -0.2) is 34.6 Å². The van der Waals surface area contributed by atoms with Crippen molar-refractivity contribution < 1.29 is 27.6 Å². The van der Waals surface area contributed by atoms with Gasteiger partial charge in [0.25, 0.3) is 5.91 Å². The van der Waals surface area contributed by atoms with Crippen LogP contribution in [0.4, 0.5) is 13.2 Å². The summed E-state index contributed by atoms with van der Waals surface area (Å²) < 4.78 is 41.1. The second-order valence-electron chi connectivity index (χ2n) is 7.55. The number of rotatable bonds is 2. The zero-order chi connectivity index (χ0) is 19.3. The van der Waals surface area contributed by atoms with Crippen molar-refractivity contribution in [3.8, 4) is 0 Å². The van der Waals surface area contributed by atoms with Gasteiger partial charge in [-0.25, -0.2) is 13.2 Å². The maximum Gasteiger partial charge on any atom is 0.255 e. The number of hydrogen-bond acceptors (Lipinski definition) is 3.